The number of benzene rings is 1. The van der Waals surface area contributed by atoms with Crippen molar-refractivity contribution >= 4 is 39.8 Å². The lowest BCUT2D eigenvalue weighted by Gasteiger charge is -2.02. The van der Waals surface area contributed by atoms with Crippen LogP contribution < -0.4 is 10.1 Å². The molecule has 0 atom stereocenters. The van der Waals surface area contributed by atoms with Crippen molar-refractivity contribution in [3.05, 3.63) is 52.2 Å². The first kappa shape index (κ1) is 20.6. The van der Waals surface area contributed by atoms with Crippen LogP contribution >= 0.6 is 23.1 Å². The van der Waals surface area contributed by atoms with E-state index in [1.165, 1.54) is 6.92 Å². The molecule has 1 amide bonds. The van der Waals surface area contributed by atoms with E-state index in [2.05, 4.69) is 15.5 Å². The van der Waals surface area contributed by atoms with E-state index >= 15 is 0 Å². The summed E-state index contributed by atoms with van der Waals surface area (Å²) >= 11 is 2.16. The number of nitrogens with zero attached hydrogens (tertiary/aromatic N) is 3. The van der Waals surface area contributed by atoms with E-state index in [9.17, 15) is 14.9 Å². The zero-order valence-electron chi connectivity index (χ0n) is 15.6. The van der Waals surface area contributed by atoms with Crippen LogP contribution in [0.15, 0.2) is 40.0 Å². The van der Waals surface area contributed by atoms with Crippen LogP contribution in [-0.4, -0.2) is 27.6 Å². The average molecular weight is 428 g/mol. The highest BCUT2D eigenvalue weighted by Gasteiger charge is 2.19. The molecule has 2 aromatic heterocycles. The number of rotatable bonds is 8. The van der Waals surface area contributed by atoms with E-state index in [1.807, 2.05) is 36.4 Å². The fourth-order valence-corrected chi connectivity index (χ4v) is 4.03. The summed E-state index contributed by atoms with van der Waals surface area (Å²) in [5.41, 5.74) is 0.879. The second-order valence-corrected chi connectivity index (χ2v) is 7.78. The third-order valence-electron chi connectivity index (χ3n) is 3.71. The molecule has 0 aliphatic heterocycles. The van der Waals surface area contributed by atoms with Crippen molar-refractivity contribution in [1.82, 2.24) is 10.2 Å². The number of thioether (sulfide) groups is 1. The molecule has 29 heavy (non-hydrogen) atoms. The molecule has 0 unspecified atom stereocenters. The van der Waals surface area contributed by atoms with Crippen LogP contribution in [0.4, 0.5) is 5.00 Å². The predicted octanol–water partition coefficient (Wildman–Crippen LogP) is 3.82. The van der Waals surface area contributed by atoms with Crippen LogP contribution in [0.1, 0.15) is 33.6 Å². The molecule has 0 radical (unpaired) electrons. The molecule has 1 N–H and O–H groups in total. The monoisotopic (exact) mass is 428 g/mol. The molecular formula is C19H16N4O4S2. The topological polar surface area (TPSA) is 118 Å². The van der Waals surface area contributed by atoms with Gasteiger partial charge in [-0.25, -0.2) is 0 Å². The van der Waals surface area contributed by atoms with Crippen molar-refractivity contribution in [3.63, 3.8) is 0 Å². The summed E-state index contributed by atoms with van der Waals surface area (Å²) in [6, 6.07) is 11.3. The molecule has 0 bridgehead atoms. The van der Waals surface area contributed by atoms with Crippen molar-refractivity contribution in [2.45, 2.75) is 25.7 Å². The normalized spacial score (nSPS) is 10.4. The maximum Gasteiger partial charge on any atom is 0.277 e. The Balaban J connectivity index is 1.54. The lowest BCUT2D eigenvalue weighted by molar-refractivity contribution is -0.113. The van der Waals surface area contributed by atoms with E-state index in [1.54, 1.807) is 6.92 Å². The predicted molar refractivity (Wildman–Crippen MR) is 108 cm³/mol. The standard InChI is InChI=1S/C19H16N4O4S2/c1-11-14(8-20)18(29-17(11)12(2)24)21-15(25)10-28-19-23-22-16(27-19)9-26-13-6-4-3-5-7-13/h3-7H,9-10H2,1-2H3,(H,21,25). The zero-order chi connectivity index (χ0) is 20.8. The summed E-state index contributed by atoms with van der Waals surface area (Å²) in [6.45, 7) is 3.24. The fraction of sp³-hybridized carbons (Fsp3) is 0.211. The Morgan fingerprint density at radius 2 is 2.07 bits per heavy atom. The first-order valence-corrected chi connectivity index (χ1v) is 10.3. The summed E-state index contributed by atoms with van der Waals surface area (Å²) in [6.07, 6.45) is 0. The van der Waals surface area contributed by atoms with Crippen LogP contribution in [0.5, 0.6) is 5.75 Å². The molecule has 3 rings (SSSR count). The lowest BCUT2D eigenvalue weighted by atomic mass is 10.1. The summed E-state index contributed by atoms with van der Waals surface area (Å²) in [4.78, 5) is 24.3. The number of carbonyl (C=O) groups excluding carboxylic acids is 2. The van der Waals surface area contributed by atoms with Crippen LogP contribution in [-0.2, 0) is 11.4 Å². The molecule has 8 nitrogen and oxygen atoms in total. The van der Waals surface area contributed by atoms with E-state index in [0.717, 1.165) is 23.1 Å². The van der Waals surface area contributed by atoms with E-state index < -0.39 is 0 Å². The molecule has 148 valence electrons. The molecule has 2 heterocycles. The number of hydrogen-bond donors (Lipinski definition) is 1. The molecule has 0 aliphatic carbocycles. The van der Waals surface area contributed by atoms with Gasteiger partial charge in [0.15, 0.2) is 12.4 Å². The van der Waals surface area contributed by atoms with Gasteiger partial charge >= 0.3 is 0 Å². The fourth-order valence-electron chi connectivity index (χ4n) is 2.38. The number of aromatic nitrogens is 2. The SMILES string of the molecule is CC(=O)c1sc(NC(=O)CSc2nnc(COc3ccccc3)o2)c(C#N)c1C. The number of ether oxygens (including phenoxy) is 1. The van der Waals surface area contributed by atoms with E-state index in [-0.39, 0.29) is 29.3 Å². The van der Waals surface area contributed by atoms with E-state index in [4.69, 9.17) is 9.15 Å². The summed E-state index contributed by atoms with van der Waals surface area (Å²) in [7, 11) is 0. The first-order valence-electron chi connectivity index (χ1n) is 8.45. The van der Waals surface area contributed by atoms with Crippen molar-refractivity contribution in [2.24, 2.45) is 0 Å². The molecule has 0 aliphatic rings. The minimum absolute atomic E-state index is 0.0123. The zero-order valence-corrected chi connectivity index (χ0v) is 17.2. The second-order valence-electron chi connectivity index (χ2n) is 5.83. The Bertz CT molecular complexity index is 1070. The Morgan fingerprint density at radius 1 is 1.31 bits per heavy atom. The molecular weight excluding hydrogens is 412 g/mol. The average Bonchev–Trinajstić information content (AvgIpc) is 3.29. The smallest absolute Gasteiger partial charge is 0.277 e. The minimum Gasteiger partial charge on any atom is -0.484 e. The summed E-state index contributed by atoms with van der Waals surface area (Å²) < 4.78 is 11.0. The number of ketones is 1. The highest BCUT2D eigenvalue weighted by molar-refractivity contribution is 7.99. The molecule has 3 aromatic rings. The third kappa shape index (κ3) is 5.22. The van der Waals surface area contributed by atoms with Gasteiger partial charge in [0.1, 0.15) is 16.8 Å². The quantitative estimate of drug-likeness (QED) is 0.425. The Kier molecular flexibility index (Phi) is 6.64. The molecule has 10 heteroatoms. The van der Waals surface area contributed by atoms with Gasteiger partial charge in [-0.15, -0.1) is 21.5 Å². The first-order chi connectivity index (χ1) is 14.0. The Morgan fingerprint density at radius 3 is 2.76 bits per heavy atom. The minimum atomic E-state index is -0.344. The van der Waals surface area contributed by atoms with Gasteiger partial charge in [-0.2, -0.15) is 5.26 Å². The van der Waals surface area contributed by atoms with Gasteiger partial charge in [-0.1, -0.05) is 30.0 Å². The summed E-state index contributed by atoms with van der Waals surface area (Å²) in [5, 5.41) is 20.3. The van der Waals surface area contributed by atoms with E-state index in [0.29, 0.717) is 32.6 Å². The maximum atomic E-state index is 12.2. The Labute approximate surface area is 174 Å². The highest BCUT2D eigenvalue weighted by Crippen LogP contribution is 2.33. The number of nitrogens with one attached hydrogen (secondary N) is 1. The number of Topliss-reactive ketones (excluding diaryl/α,β-unsaturated/α-hetero) is 1. The number of para-hydroxylation sites is 1. The highest BCUT2D eigenvalue weighted by atomic mass is 32.2. The van der Waals surface area contributed by atoms with Gasteiger partial charge in [0.2, 0.25) is 5.91 Å². The molecule has 0 saturated carbocycles. The van der Waals surface area contributed by atoms with Gasteiger partial charge in [-0.05, 0) is 31.5 Å². The van der Waals surface area contributed by atoms with Gasteiger partial charge in [0.05, 0.1) is 16.2 Å². The number of nitriles is 1. The third-order valence-corrected chi connectivity index (χ3v) is 5.84. The summed E-state index contributed by atoms with van der Waals surface area (Å²) in [5.74, 6) is 0.503. The number of amides is 1. The van der Waals surface area contributed by atoms with Crippen molar-refractivity contribution < 1.29 is 18.7 Å². The molecule has 1 aromatic carbocycles. The molecule has 0 fully saturated rings. The Hall–Kier alpha value is -3.16. The maximum absolute atomic E-state index is 12.2. The van der Waals surface area contributed by atoms with Gasteiger partial charge in [0, 0.05) is 0 Å². The molecule has 0 saturated heterocycles. The van der Waals surface area contributed by atoms with Gasteiger partial charge < -0.3 is 14.5 Å². The van der Waals surface area contributed by atoms with Crippen LogP contribution in [0, 0.1) is 18.3 Å². The van der Waals surface area contributed by atoms with Crippen LogP contribution in [0.2, 0.25) is 0 Å². The van der Waals surface area contributed by atoms with Crippen molar-refractivity contribution in [2.75, 3.05) is 11.1 Å². The number of thiophene rings is 1. The van der Waals surface area contributed by atoms with Crippen LogP contribution in [0.25, 0.3) is 0 Å². The molecule has 0 spiro atoms. The largest absolute Gasteiger partial charge is 0.484 e. The number of hydrogen-bond acceptors (Lipinski definition) is 9. The van der Waals surface area contributed by atoms with Gasteiger partial charge in [-0.3, -0.25) is 9.59 Å². The lowest BCUT2D eigenvalue weighted by Crippen LogP contribution is -2.13. The van der Waals surface area contributed by atoms with Crippen molar-refractivity contribution in [1.29, 1.82) is 5.26 Å². The van der Waals surface area contributed by atoms with Crippen molar-refractivity contribution in [3.8, 4) is 11.8 Å². The second kappa shape index (κ2) is 9.36. The number of carbonyl (C=O) groups is 2. The number of anilines is 1. The van der Waals surface area contributed by atoms with Crippen LogP contribution in [0.3, 0.4) is 0 Å². The van der Waals surface area contributed by atoms with Gasteiger partial charge in [0.25, 0.3) is 11.1 Å².